The van der Waals surface area contributed by atoms with Crippen LogP contribution in [0, 0.1) is 6.92 Å². The van der Waals surface area contributed by atoms with Crippen LogP contribution in [0.3, 0.4) is 0 Å². The Morgan fingerprint density at radius 2 is 1.62 bits per heavy atom. The van der Waals surface area contributed by atoms with Crippen LogP contribution in [0.4, 0.5) is 5.69 Å². The summed E-state index contributed by atoms with van der Waals surface area (Å²) in [4.78, 5) is 0.284. The zero-order valence-corrected chi connectivity index (χ0v) is 13.7. The van der Waals surface area contributed by atoms with Crippen LogP contribution in [-0.4, -0.2) is 8.42 Å². The van der Waals surface area contributed by atoms with Crippen LogP contribution in [0.2, 0.25) is 0 Å². The Kier molecular flexibility index (Phi) is 4.10. The Labute approximate surface area is 127 Å². The molecule has 2 rings (SSSR count). The van der Waals surface area contributed by atoms with E-state index >= 15 is 0 Å². The first-order valence-electron chi connectivity index (χ1n) is 6.89. The van der Waals surface area contributed by atoms with Crippen molar-refractivity contribution < 1.29 is 8.42 Å². The van der Waals surface area contributed by atoms with Crippen LogP contribution in [0.15, 0.2) is 53.4 Å². The predicted octanol–water partition coefficient (Wildman–Crippen LogP) is 4.09. The lowest BCUT2D eigenvalue weighted by molar-refractivity contribution is 0.590. The number of aryl methyl sites for hydroxylation is 1. The van der Waals surface area contributed by atoms with E-state index in [0.29, 0.717) is 5.69 Å². The third kappa shape index (κ3) is 3.64. The minimum Gasteiger partial charge on any atom is -0.279 e. The maximum atomic E-state index is 12.5. The van der Waals surface area contributed by atoms with E-state index in [1.165, 1.54) is 0 Å². The lowest BCUT2D eigenvalue weighted by Gasteiger charge is -2.23. The number of benzene rings is 2. The van der Waals surface area contributed by atoms with E-state index in [1.807, 2.05) is 31.2 Å². The zero-order chi connectivity index (χ0) is 15.7. The van der Waals surface area contributed by atoms with Crippen LogP contribution in [0.25, 0.3) is 0 Å². The highest BCUT2D eigenvalue weighted by molar-refractivity contribution is 7.92. The highest BCUT2D eigenvalue weighted by Gasteiger charge is 2.21. The molecule has 0 radical (unpaired) electrons. The maximum absolute atomic E-state index is 12.5. The summed E-state index contributed by atoms with van der Waals surface area (Å²) < 4.78 is 27.8. The Balaban J connectivity index is 2.43. The number of sulfonamides is 1. The molecule has 0 amide bonds. The molecule has 0 heterocycles. The summed E-state index contributed by atoms with van der Waals surface area (Å²) >= 11 is 0. The van der Waals surface area contributed by atoms with Crippen molar-refractivity contribution in [3.05, 3.63) is 59.7 Å². The van der Waals surface area contributed by atoms with Gasteiger partial charge in [-0.25, -0.2) is 8.42 Å². The topological polar surface area (TPSA) is 46.2 Å². The van der Waals surface area contributed by atoms with Crippen LogP contribution in [0.1, 0.15) is 31.9 Å². The van der Waals surface area contributed by atoms with Gasteiger partial charge in [0, 0.05) is 0 Å². The molecular weight excluding hydrogens is 282 g/mol. The average Bonchev–Trinajstić information content (AvgIpc) is 2.37. The second-order valence-electron chi connectivity index (χ2n) is 6.22. The predicted molar refractivity (Wildman–Crippen MR) is 87.1 cm³/mol. The third-order valence-electron chi connectivity index (χ3n) is 3.28. The summed E-state index contributed by atoms with van der Waals surface area (Å²) in [5, 5.41) is 0. The average molecular weight is 303 g/mol. The van der Waals surface area contributed by atoms with Crippen molar-refractivity contribution in [3.8, 4) is 0 Å². The molecule has 112 valence electrons. The summed E-state index contributed by atoms with van der Waals surface area (Å²) in [6.45, 7) is 8.06. The second kappa shape index (κ2) is 5.53. The van der Waals surface area contributed by atoms with Gasteiger partial charge in [0.15, 0.2) is 0 Å². The van der Waals surface area contributed by atoms with Gasteiger partial charge in [0.2, 0.25) is 0 Å². The van der Waals surface area contributed by atoms with Gasteiger partial charge in [-0.1, -0.05) is 51.1 Å². The van der Waals surface area contributed by atoms with Crippen molar-refractivity contribution in [1.82, 2.24) is 0 Å². The molecule has 0 bridgehead atoms. The molecule has 0 unspecified atom stereocenters. The smallest absolute Gasteiger partial charge is 0.261 e. The molecule has 4 heteroatoms. The van der Waals surface area contributed by atoms with Crippen molar-refractivity contribution in [2.24, 2.45) is 0 Å². The molecule has 0 aliphatic rings. The molecule has 3 nitrogen and oxygen atoms in total. The quantitative estimate of drug-likeness (QED) is 0.928. The lowest BCUT2D eigenvalue weighted by Crippen LogP contribution is -2.19. The number of rotatable bonds is 3. The highest BCUT2D eigenvalue weighted by atomic mass is 32.2. The van der Waals surface area contributed by atoms with Crippen molar-refractivity contribution in [1.29, 1.82) is 0 Å². The van der Waals surface area contributed by atoms with Crippen LogP contribution in [0.5, 0.6) is 0 Å². The summed E-state index contributed by atoms with van der Waals surface area (Å²) in [5.41, 5.74) is 2.39. The molecule has 0 aromatic heterocycles. The second-order valence-corrected chi connectivity index (χ2v) is 7.90. The number of hydrogen-bond acceptors (Lipinski definition) is 2. The van der Waals surface area contributed by atoms with Crippen molar-refractivity contribution in [2.75, 3.05) is 4.72 Å². The lowest BCUT2D eigenvalue weighted by atomic mass is 9.86. The van der Waals surface area contributed by atoms with E-state index in [0.717, 1.165) is 11.1 Å². The van der Waals surface area contributed by atoms with E-state index in [2.05, 4.69) is 25.5 Å². The number of anilines is 1. The molecule has 0 fully saturated rings. The number of nitrogens with one attached hydrogen (secondary N) is 1. The molecule has 0 aliphatic heterocycles. The molecule has 0 atom stereocenters. The zero-order valence-electron chi connectivity index (χ0n) is 12.8. The van der Waals surface area contributed by atoms with Gasteiger partial charge in [0.1, 0.15) is 0 Å². The fourth-order valence-corrected chi connectivity index (χ4v) is 3.40. The summed E-state index contributed by atoms with van der Waals surface area (Å²) in [5.74, 6) is 0. The standard InChI is InChI=1S/C17H21NO2S/c1-13-8-7-9-14(12-13)21(19,20)18-16-11-6-5-10-15(16)17(2,3)4/h5-12,18H,1-4H3. The van der Waals surface area contributed by atoms with Crippen LogP contribution >= 0.6 is 0 Å². The summed E-state index contributed by atoms with van der Waals surface area (Å²) in [6, 6.07) is 14.4. The largest absolute Gasteiger partial charge is 0.279 e. The number of hydrogen-bond donors (Lipinski definition) is 1. The van der Waals surface area contributed by atoms with Crippen molar-refractivity contribution in [3.63, 3.8) is 0 Å². The normalized spacial score (nSPS) is 12.2. The summed E-state index contributed by atoms with van der Waals surface area (Å²) in [6.07, 6.45) is 0. The number of para-hydroxylation sites is 1. The molecule has 0 spiro atoms. The fraction of sp³-hybridized carbons (Fsp3) is 0.294. The van der Waals surface area contributed by atoms with E-state index < -0.39 is 10.0 Å². The monoisotopic (exact) mass is 303 g/mol. The van der Waals surface area contributed by atoms with Gasteiger partial charge in [0.05, 0.1) is 10.6 Å². The molecule has 21 heavy (non-hydrogen) atoms. The molecule has 0 saturated heterocycles. The van der Waals surface area contributed by atoms with Crippen LogP contribution in [-0.2, 0) is 15.4 Å². The Morgan fingerprint density at radius 1 is 0.952 bits per heavy atom. The van der Waals surface area contributed by atoms with Gasteiger partial charge in [0.25, 0.3) is 10.0 Å². The molecular formula is C17H21NO2S. The van der Waals surface area contributed by atoms with Gasteiger partial charge in [-0.15, -0.1) is 0 Å². The minimum absolute atomic E-state index is 0.133. The maximum Gasteiger partial charge on any atom is 0.261 e. The summed E-state index contributed by atoms with van der Waals surface area (Å²) in [7, 11) is -3.57. The highest BCUT2D eigenvalue weighted by Crippen LogP contribution is 2.30. The van der Waals surface area contributed by atoms with Gasteiger partial charge < -0.3 is 0 Å². The van der Waals surface area contributed by atoms with E-state index in [4.69, 9.17) is 0 Å². The van der Waals surface area contributed by atoms with Crippen molar-refractivity contribution >= 4 is 15.7 Å². The molecule has 1 N–H and O–H groups in total. The van der Waals surface area contributed by atoms with E-state index in [-0.39, 0.29) is 10.3 Å². The first kappa shape index (κ1) is 15.6. The fourth-order valence-electron chi connectivity index (χ4n) is 2.21. The first-order chi connectivity index (χ1) is 9.70. The molecule has 2 aromatic carbocycles. The SMILES string of the molecule is Cc1cccc(S(=O)(=O)Nc2ccccc2C(C)(C)C)c1. The van der Waals surface area contributed by atoms with Gasteiger partial charge in [-0.3, -0.25) is 4.72 Å². The molecule has 0 aliphatic carbocycles. The Hall–Kier alpha value is -1.81. The third-order valence-corrected chi connectivity index (χ3v) is 4.64. The molecule has 0 saturated carbocycles. The van der Waals surface area contributed by atoms with E-state index in [9.17, 15) is 8.42 Å². The minimum atomic E-state index is -3.57. The van der Waals surface area contributed by atoms with Gasteiger partial charge >= 0.3 is 0 Å². The van der Waals surface area contributed by atoms with Crippen LogP contribution < -0.4 is 4.72 Å². The Morgan fingerprint density at radius 3 is 2.24 bits per heavy atom. The molecule has 2 aromatic rings. The first-order valence-corrected chi connectivity index (χ1v) is 8.37. The van der Waals surface area contributed by atoms with Gasteiger partial charge in [-0.2, -0.15) is 0 Å². The van der Waals surface area contributed by atoms with Crippen molar-refractivity contribution in [2.45, 2.75) is 38.0 Å². The van der Waals surface area contributed by atoms with E-state index in [1.54, 1.807) is 24.3 Å². The Bertz CT molecular complexity index is 743. The van der Waals surface area contributed by atoms with Gasteiger partial charge in [-0.05, 0) is 41.7 Å².